The number of carbonyl (C=O) groups is 1. The molecule has 0 amide bonds. The molecule has 0 aliphatic heterocycles. The number of carbonyl (C=O) groups excluding carboxylic acids is 1. The van der Waals surface area contributed by atoms with Gasteiger partial charge in [0.2, 0.25) is 0 Å². The lowest BCUT2D eigenvalue weighted by atomic mass is 10.1. The maximum absolute atomic E-state index is 11.6. The molecule has 0 aromatic heterocycles. The highest BCUT2D eigenvalue weighted by atomic mass is 16.6. The van der Waals surface area contributed by atoms with E-state index in [0.717, 1.165) is 0 Å². The van der Waals surface area contributed by atoms with E-state index in [4.69, 9.17) is 5.73 Å². The summed E-state index contributed by atoms with van der Waals surface area (Å²) in [4.78, 5) is 22.1. The van der Waals surface area contributed by atoms with Gasteiger partial charge in [-0.3, -0.25) is 20.3 Å². The number of para-hydroxylation sites is 1. The van der Waals surface area contributed by atoms with Crippen molar-refractivity contribution in [1.82, 2.24) is 0 Å². The maximum Gasteiger partial charge on any atom is 0.304 e. The van der Waals surface area contributed by atoms with Crippen molar-refractivity contribution in [3.05, 3.63) is 33.9 Å². The van der Waals surface area contributed by atoms with E-state index in [1.54, 1.807) is 19.9 Å². The summed E-state index contributed by atoms with van der Waals surface area (Å²) in [6, 6.07) is 4.45. The summed E-state index contributed by atoms with van der Waals surface area (Å²) in [5, 5.41) is 14.7. The van der Waals surface area contributed by atoms with Crippen molar-refractivity contribution in [1.29, 1.82) is 0 Å². The molecule has 0 aliphatic carbocycles. The fourth-order valence-corrected chi connectivity index (χ4v) is 1.39. The van der Waals surface area contributed by atoms with E-state index in [9.17, 15) is 14.9 Å². The van der Waals surface area contributed by atoms with Gasteiger partial charge < -0.3 is 5.73 Å². The topological polar surface area (TPSA) is 111 Å². The number of nitrogens with zero attached hydrogens (tertiary/aromatic N) is 2. The van der Waals surface area contributed by atoms with Crippen molar-refractivity contribution >= 4 is 23.0 Å². The minimum absolute atomic E-state index is 0.0670. The highest BCUT2D eigenvalue weighted by Crippen LogP contribution is 2.29. The largest absolute Gasteiger partial charge is 0.386 e. The molecule has 1 aromatic carbocycles. The summed E-state index contributed by atoms with van der Waals surface area (Å²) >= 11 is 0. The number of nitrogens with one attached hydrogen (secondary N) is 1. The van der Waals surface area contributed by atoms with E-state index >= 15 is 0 Å². The molecule has 0 radical (unpaired) electrons. The van der Waals surface area contributed by atoms with Crippen molar-refractivity contribution in [2.45, 2.75) is 20.3 Å². The van der Waals surface area contributed by atoms with Crippen LogP contribution in [0.25, 0.3) is 0 Å². The minimum atomic E-state index is -0.605. The maximum atomic E-state index is 11.6. The predicted molar refractivity (Wildman–Crippen MR) is 68.6 cm³/mol. The van der Waals surface area contributed by atoms with Crippen molar-refractivity contribution in [2.24, 2.45) is 10.8 Å². The Morgan fingerprint density at radius 1 is 1.56 bits per heavy atom. The third-order valence-corrected chi connectivity index (χ3v) is 2.19. The standard InChI is InChI=1S/C11H14N4O3/c1-3-10(16)8-5-4-6-9(11(8)15(17)18)14-13-7(2)12/h4-6,14H,3H2,1-2H3,(H2,12,13). The average molecular weight is 250 g/mol. The zero-order chi connectivity index (χ0) is 13.7. The fraction of sp³-hybridized carbons (Fsp3) is 0.273. The summed E-state index contributed by atoms with van der Waals surface area (Å²) in [5.41, 5.74) is 7.75. The minimum Gasteiger partial charge on any atom is -0.386 e. The van der Waals surface area contributed by atoms with Crippen LogP contribution in [0.3, 0.4) is 0 Å². The van der Waals surface area contributed by atoms with Crippen LogP contribution in [0, 0.1) is 10.1 Å². The number of benzene rings is 1. The van der Waals surface area contributed by atoms with E-state index in [0.29, 0.717) is 0 Å². The molecule has 1 rings (SSSR count). The number of anilines is 1. The van der Waals surface area contributed by atoms with Gasteiger partial charge in [-0.2, -0.15) is 5.10 Å². The molecule has 3 N–H and O–H groups in total. The Bertz CT molecular complexity index is 507. The molecule has 7 nitrogen and oxygen atoms in total. The Morgan fingerprint density at radius 2 is 2.22 bits per heavy atom. The van der Waals surface area contributed by atoms with Gasteiger partial charge in [-0.15, -0.1) is 0 Å². The van der Waals surface area contributed by atoms with Gasteiger partial charge in [0, 0.05) is 6.42 Å². The van der Waals surface area contributed by atoms with Gasteiger partial charge in [0.15, 0.2) is 5.78 Å². The van der Waals surface area contributed by atoms with Gasteiger partial charge in [-0.1, -0.05) is 13.0 Å². The lowest BCUT2D eigenvalue weighted by Crippen LogP contribution is -2.10. The van der Waals surface area contributed by atoms with Gasteiger partial charge in [-0.25, -0.2) is 0 Å². The molecular formula is C11H14N4O3. The van der Waals surface area contributed by atoms with E-state index in [-0.39, 0.29) is 35.0 Å². The van der Waals surface area contributed by atoms with Crippen molar-refractivity contribution < 1.29 is 9.72 Å². The number of nitro benzene ring substituents is 1. The first kappa shape index (κ1) is 13.6. The number of hydrogen-bond acceptors (Lipinski definition) is 5. The van der Waals surface area contributed by atoms with E-state index in [1.165, 1.54) is 12.1 Å². The van der Waals surface area contributed by atoms with Crippen LogP contribution in [0.5, 0.6) is 0 Å². The number of ketones is 1. The Hall–Kier alpha value is -2.44. The van der Waals surface area contributed by atoms with Gasteiger partial charge in [0.25, 0.3) is 0 Å². The Balaban J connectivity index is 3.30. The molecule has 18 heavy (non-hydrogen) atoms. The summed E-state index contributed by atoms with van der Waals surface area (Å²) in [5.74, 6) is -0.0599. The molecule has 7 heteroatoms. The SMILES string of the molecule is CCC(=O)c1cccc(N/N=C(/C)N)c1[N+](=O)[O-]. The van der Waals surface area contributed by atoms with Crippen LogP contribution < -0.4 is 11.2 Å². The zero-order valence-electron chi connectivity index (χ0n) is 10.1. The van der Waals surface area contributed by atoms with Crippen LogP contribution in [0.4, 0.5) is 11.4 Å². The third kappa shape index (κ3) is 3.03. The van der Waals surface area contributed by atoms with Crippen LogP contribution in [0.2, 0.25) is 0 Å². The van der Waals surface area contributed by atoms with Crippen LogP contribution >= 0.6 is 0 Å². The van der Waals surface area contributed by atoms with Crippen molar-refractivity contribution in [3.63, 3.8) is 0 Å². The summed E-state index contributed by atoms with van der Waals surface area (Å²) < 4.78 is 0. The number of hydrazone groups is 1. The summed E-state index contributed by atoms with van der Waals surface area (Å²) in [6.07, 6.45) is 0.198. The predicted octanol–water partition coefficient (Wildman–Crippen LogP) is 1.89. The second kappa shape index (κ2) is 5.76. The monoisotopic (exact) mass is 250 g/mol. The molecule has 0 bridgehead atoms. The molecular weight excluding hydrogens is 236 g/mol. The second-order valence-electron chi connectivity index (χ2n) is 3.60. The van der Waals surface area contributed by atoms with Gasteiger partial charge in [-0.05, 0) is 19.1 Å². The Labute approximate surface area is 104 Å². The zero-order valence-corrected chi connectivity index (χ0v) is 10.1. The van der Waals surface area contributed by atoms with Crippen LogP contribution in [-0.4, -0.2) is 16.5 Å². The Kier molecular flexibility index (Phi) is 4.36. The van der Waals surface area contributed by atoms with Crippen molar-refractivity contribution in [3.8, 4) is 0 Å². The number of Topliss-reactive ketones (excluding diaryl/α,β-unsaturated/α-hetero) is 1. The van der Waals surface area contributed by atoms with Gasteiger partial charge >= 0.3 is 5.69 Å². The molecule has 0 heterocycles. The van der Waals surface area contributed by atoms with Crippen molar-refractivity contribution in [2.75, 3.05) is 5.43 Å². The second-order valence-corrected chi connectivity index (χ2v) is 3.60. The highest BCUT2D eigenvalue weighted by molar-refractivity contribution is 6.01. The quantitative estimate of drug-likeness (QED) is 0.272. The van der Waals surface area contributed by atoms with E-state index < -0.39 is 4.92 Å². The highest BCUT2D eigenvalue weighted by Gasteiger charge is 2.23. The molecule has 0 fully saturated rings. The Morgan fingerprint density at radius 3 is 2.72 bits per heavy atom. The smallest absolute Gasteiger partial charge is 0.304 e. The number of nitrogens with two attached hydrogens (primary N) is 1. The first-order valence-corrected chi connectivity index (χ1v) is 5.33. The normalized spacial score (nSPS) is 11.1. The lowest BCUT2D eigenvalue weighted by Gasteiger charge is -2.06. The van der Waals surface area contributed by atoms with E-state index in [2.05, 4.69) is 10.5 Å². The molecule has 0 aliphatic rings. The van der Waals surface area contributed by atoms with Gasteiger partial charge in [0.1, 0.15) is 11.5 Å². The third-order valence-electron chi connectivity index (χ3n) is 2.19. The van der Waals surface area contributed by atoms with Crippen LogP contribution in [-0.2, 0) is 0 Å². The summed E-state index contributed by atoms with van der Waals surface area (Å²) in [6.45, 7) is 3.19. The molecule has 0 unspecified atom stereocenters. The number of rotatable bonds is 5. The molecule has 96 valence electrons. The fourth-order valence-electron chi connectivity index (χ4n) is 1.39. The molecule has 0 spiro atoms. The number of hydrogen-bond donors (Lipinski definition) is 2. The summed E-state index contributed by atoms with van der Waals surface area (Å²) in [7, 11) is 0. The average Bonchev–Trinajstić information content (AvgIpc) is 2.34. The first-order chi connectivity index (χ1) is 8.47. The lowest BCUT2D eigenvalue weighted by molar-refractivity contribution is -0.384. The number of amidine groups is 1. The molecule has 0 atom stereocenters. The van der Waals surface area contributed by atoms with E-state index in [1.807, 2.05) is 0 Å². The molecule has 1 aromatic rings. The molecule has 0 saturated heterocycles. The van der Waals surface area contributed by atoms with Crippen LogP contribution in [0.1, 0.15) is 30.6 Å². The van der Waals surface area contributed by atoms with Gasteiger partial charge in [0.05, 0.1) is 10.5 Å². The first-order valence-electron chi connectivity index (χ1n) is 5.33. The van der Waals surface area contributed by atoms with Crippen LogP contribution in [0.15, 0.2) is 23.3 Å². The number of nitro groups is 1. The molecule has 0 saturated carbocycles.